The van der Waals surface area contributed by atoms with Crippen molar-refractivity contribution in [3.8, 4) is 0 Å². The fourth-order valence-corrected chi connectivity index (χ4v) is 3.16. The van der Waals surface area contributed by atoms with Gasteiger partial charge in [-0.05, 0) is 19.1 Å². The van der Waals surface area contributed by atoms with Crippen LogP contribution in [0.4, 0.5) is 0 Å². The van der Waals surface area contributed by atoms with Crippen LogP contribution in [0.3, 0.4) is 0 Å². The predicted molar refractivity (Wildman–Crippen MR) is 67.1 cm³/mol. The number of nitrogens with zero attached hydrogens (tertiary/aromatic N) is 2. The first-order valence-corrected chi connectivity index (χ1v) is 6.87. The van der Waals surface area contributed by atoms with Crippen molar-refractivity contribution in [1.82, 2.24) is 0 Å². The molecule has 2 fully saturated rings. The van der Waals surface area contributed by atoms with E-state index in [0.29, 0.717) is 5.92 Å². The van der Waals surface area contributed by atoms with Crippen molar-refractivity contribution in [2.45, 2.75) is 31.5 Å². The Kier molecular flexibility index (Phi) is 4.00. The van der Waals surface area contributed by atoms with Crippen molar-refractivity contribution in [3.63, 3.8) is 0 Å². The van der Waals surface area contributed by atoms with E-state index in [9.17, 15) is 0 Å². The molecule has 1 saturated heterocycles. The maximum Gasteiger partial charge on any atom is 0.168 e. The maximum atomic E-state index is 5.70. The first-order valence-electron chi connectivity index (χ1n) is 5.65. The molecule has 0 amide bonds. The van der Waals surface area contributed by atoms with E-state index in [0.717, 1.165) is 43.9 Å². The number of rotatable bonds is 2. The molecule has 1 aliphatic heterocycles. The summed E-state index contributed by atoms with van der Waals surface area (Å²) in [6, 6.07) is 0. The first-order chi connectivity index (χ1) is 7.79. The third kappa shape index (κ3) is 2.47. The number of ether oxygens (including phenoxy) is 2. The highest BCUT2D eigenvalue weighted by atomic mass is 32.2. The first kappa shape index (κ1) is 12.1. The van der Waals surface area contributed by atoms with Gasteiger partial charge in [0, 0.05) is 25.5 Å². The van der Waals surface area contributed by atoms with E-state index < -0.39 is 0 Å². The minimum Gasteiger partial charge on any atom is -0.348 e. The molecule has 90 valence electrons. The van der Waals surface area contributed by atoms with Crippen molar-refractivity contribution < 1.29 is 9.47 Å². The summed E-state index contributed by atoms with van der Waals surface area (Å²) in [7, 11) is 0. The number of hydrogen-bond donors (Lipinski definition) is 0. The van der Waals surface area contributed by atoms with E-state index in [1.807, 2.05) is 6.26 Å². The Labute approximate surface area is 100 Å². The van der Waals surface area contributed by atoms with Gasteiger partial charge in [-0.1, -0.05) is 0 Å². The van der Waals surface area contributed by atoms with Crippen LogP contribution >= 0.6 is 11.8 Å². The largest absolute Gasteiger partial charge is 0.348 e. The lowest BCUT2D eigenvalue weighted by molar-refractivity contribution is -0.179. The van der Waals surface area contributed by atoms with E-state index in [1.54, 1.807) is 11.8 Å². The van der Waals surface area contributed by atoms with Crippen LogP contribution in [0.25, 0.3) is 0 Å². The Morgan fingerprint density at radius 1 is 1.31 bits per heavy atom. The summed E-state index contributed by atoms with van der Waals surface area (Å²) in [6.45, 7) is 4.89. The van der Waals surface area contributed by atoms with Crippen LogP contribution in [0.15, 0.2) is 10.2 Å². The second kappa shape index (κ2) is 5.29. The molecular formula is C11H18N2O2S. The van der Waals surface area contributed by atoms with Gasteiger partial charge in [0.25, 0.3) is 0 Å². The van der Waals surface area contributed by atoms with Crippen LogP contribution in [0.2, 0.25) is 0 Å². The standard InChI is InChI=1S/C11H18N2O2S/c1-12-13-10(16-2)9-3-5-11(6-4-9)14-7-8-15-11/h9H,1,3-8H2,2H3/b13-10-. The van der Waals surface area contributed by atoms with Gasteiger partial charge in [0.1, 0.15) is 0 Å². The summed E-state index contributed by atoms with van der Waals surface area (Å²) in [5.41, 5.74) is 0. The van der Waals surface area contributed by atoms with Crippen molar-refractivity contribution in [3.05, 3.63) is 0 Å². The summed E-state index contributed by atoms with van der Waals surface area (Å²) < 4.78 is 11.4. The van der Waals surface area contributed by atoms with Crippen molar-refractivity contribution in [2.75, 3.05) is 19.5 Å². The van der Waals surface area contributed by atoms with E-state index in [4.69, 9.17) is 9.47 Å². The topological polar surface area (TPSA) is 43.2 Å². The van der Waals surface area contributed by atoms with Crippen molar-refractivity contribution >= 4 is 23.5 Å². The monoisotopic (exact) mass is 242 g/mol. The molecule has 2 rings (SSSR count). The SMILES string of the molecule is C=N/N=C(\SC)C1CCC2(CC1)OCCO2. The van der Waals surface area contributed by atoms with Crippen LogP contribution in [0.1, 0.15) is 25.7 Å². The second-order valence-corrected chi connectivity index (χ2v) is 4.99. The minimum absolute atomic E-state index is 0.276. The summed E-state index contributed by atoms with van der Waals surface area (Å²) in [6.07, 6.45) is 6.10. The maximum absolute atomic E-state index is 5.70. The van der Waals surface area contributed by atoms with Crippen molar-refractivity contribution in [2.24, 2.45) is 16.1 Å². The predicted octanol–water partition coefficient (Wildman–Crippen LogP) is 2.30. The lowest BCUT2D eigenvalue weighted by atomic mass is 9.85. The molecule has 0 radical (unpaired) electrons. The molecule has 0 N–H and O–H groups in total. The molecule has 0 atom stereocenters. The summed E-state index contributed by atoms with van der Waals surface area (Å²) >= 11 is 1.67. The zero-order valence-electron chi connectivity index (χ0n) is 9.65. The van der Waals surface area contributed by atoms with Crippen LogP contribution in [0.5, 0.6) is 0 Å². The van der Waals surface area contributed by atoms with Gasteiger partial charge >= 0.3 is 0 Å². The van der Waals surface area contributed by atoms with Gasteiger partial charge < -0.3 is 9.47 Å². The molecule has 0 unspecified atom stereocenters. The van der Waals surface area contributed by atoms with Gasteiger partial charge in [-0.15, -0.1) is 16.9 Å². The molecule has 0 bridgehead atoms. The number of hydrogen-bond acceptors (Lipinski definition) is 5. The minimum atomic E-state index is -0.276. The van der Waals surface area contributed by atoms with Crippen LogP contribution in [-0.2, 0) is 9.47 Å². The molecule has 2 aliphatic rings. The zero-order chi connectivity index (χ0) is 11.4. The zero-order valence-corrected chi connectivity index (χ0v) is 10.5. The molecule has 1 heterocycles. The van der Waals surface area contributed by atoms with Gasteiger partial charge in [-0.2, -0.15) is 5.10 Å². The summed E-state index contributed by atoms with van der Waals surface area (Å²) in [5.74, 6) is 0.223. The molecule has 1 saturated carbocycles. The Morgan fingerprint density at radius 3 is 2.44 bits per heavy atom. The van der Waals surface area contributed by atoms with E-state index >= 15 is 0 Å². The van der Waals surface area contributed by atoms with Gasteiger partial charge in [-0.3, -0.25) is 0 Å². The average molecular weight is 242 g/mol. The Bertz CT molecular complexity index is 278. The lowest BCUT2D eigenvalue weighted by Crippen LogP contribution is -2.36. The molecule has 1 spiro atoms. The van der Waals surface area contributed by atoms with Gasteiger partial charge in [0.05, 0.1) is 18.3 Å². The highest BCUT2D eigenvalue weighted by Gasteiger charge is 2.41. The molecule has 5 heteroatoms. The molecule has 4 nitrogen and oxygen atoms in total. The highest BCUT2D eigenvalue weighted by Crippen LogP contribution is 2.39. The lowest BCUT2D eigenvalue weighted by Gasteiger charge is -2.35. The van der Waals surface area contributed by atoms with Crippen molar-refractivity contribution in [1.29, 1.82) is 0 Å². The Morgan fingerprint density at radius 2 is 1.94 bits per heavy atom. The van der Waals surface area contributed by atoms with Gasteiger partial charge in [0.15, 0.2) is 5.79 Å². The average Bonchev–Trinajstić information content (AvgIpc) is 2.76. The summed E-state index contributed by atoms with van der Waals surface area (Å²) in [4.78, 5) is 0. The second-order valence-electron chi connectivity index (χ2n) is 4.17. The number of thioether (sulfide) groups is 1. The molecule has 0 aromatic carbocycles. The van der Waals surface area contributed by atoms with Crippen LogP contribution < -0.4 is 0 Å². The van der Waals surface area contributed by atoms with Crippen LogP contribution in [0, 0.1) is 5.92 Å². The van der Waals surface area contributed by atoms with Gasteiger partial charge in [-0.25, -0.2) is 0 Å². The van der Waals surface area contributed by atoms with Crippen LogP contribution in [-0.4, -0.2) is 37.0 Å². The molecule has 1 aliphatic carbocycles. The quantitative estimate of drug-likeness (QED) is 0.424. The Hall–Kier alpha value is -0.390. The molecular weight excluding hydrogens is 224 g/mol. The fourth-order valence-electron chi connectivity index (χ4n) is 2.45. The Balaban J connectivity index is 1.93. The van der Waals surface area contributed by atoms with E-state index in [-0.39, 0.29) is 5.79 Å². The van der Waals surface area contributed by atoms with E-state index in [2.05, 4.69) is 16.9 Å². The fraction of sp³-hybridized carbons (Fsp3) is 0.818. The third-order valence-electron chi connectivity index (χ3n) is 3.29. The third-order valence-corrected chi connectivity index (χ3v) is 4.12. The highest BCUT2D eigenvalue weighted by molar-refractivity contribution is 8.13. The van der Waals surface area contributed by atoms with E-state index in [1.165, 1.54) is 0 Å². The molecule has 16 heavy (non-hydrogen) atoms. The molecule has 0 aromatic heterocycles. The smallest absolute Gasteiger partial charge is 0.168 e. The van der Waals surface area contributed by atoms with Gasteiger partial charge in [0.2, 0.25) is 0 Å². The molecule has 0 aromatic rings. The summed E-state index contributed by atoms with van der Waals surface area (Å²) in [5, 5.41) is 8.80. The normalized spacial score (nSPS) is 26.2.